The van der Waals surface area contributed by atoms with Crippen molar-refractivity contribution in [3.05, 3.63) is 36.2 Å². The van der Waals surface area contributed by atoms with E-state index in [1.54, 1.807) is 11.0 Å². The lowest BCUT2D eigenvalue weighted by Crippen LogP contribution is -2.28. The lowest BCUT2D eigenvalue weighted by molar-refractivity contribution is -0.125. The zero-order valence-corrected chi connectivity index (χ0v) is 10.6. The lowest BCUT2D eigenvalue weighted by Gasteiger charge is -2.15. The van der Waals surface area contributed by atoms with E-state index in [4.69, 9.17) is 4.42 Å². The number of para-hydroxylation sites is 2. The minimum Gasteiger partial charge on any atom is -0.437 e. The average Bonchev–Trinajstić information content (AvgIpc) is 2.80. The number of carbonyl (C=O) groups is 1. The molecular weight excluding hydrogens is 228 g/mol. The molecule has 1 heterocycles. The summed E-state index contributed by atoms with van der Waals surface area (Å²) in [5.74, 6) is 0.430. The summed E-state index contributed by atoms with van der Waals surface area (Å²) in [4.78, 5) is 17.8. The molecule has 0 spiro atoms. The molecule has 1 aromatic heterocycles. The Bertz CT molecular complexity index is 535. The second-order valence-corrected chi connectivity index (χ2v) is 3.86. The van der Waals surface area contributed by atoms with Gasteiger partial charge in [0.15, 0.2) is 5.58 Å². The minimum absolute atomic E-state index is 0.0257. The molecule has 4 nitrogen and oxygen atoms in total. The lowest BCUT2D eigenvalue weighted by atomic mass is 10.3. The molecule has 2 aromatic rings. The SMILES string of the molecule is CCN(CC)C(=O)/C=C/c1nc2ccccc2o1. The van der Waals surface area contributed by atoms with Crippen LogP contribution in [-0.2, 0) is 4.79 Å². The summed E-state index contributed by atoms with van der Waals surface area (Å²) in [6, 6.07) is 7.52. The predicted octanol–water partition coefficient (Wildman–Crippen LogP) is 2.71. The maximum Gasteiger partial charge on any atom is 0.246 e. The van der Waals surface area contributed by atoms with Gasteiger partial charge in [-0.05, 0) is 26.0 Å². The van der Waals surface area contributed by atoms with Gasteiger partial charge in [0.05, 0.1) is 0 Å². The molecule has 0 saturated heterocycles. The maximum atomic E-state index is 11.8. The number of amides is 1. The topological polar surface area (TPSA) is 46.3 Å². The van der Waals surface area contributed by atoms with Crippen LogP contribution in [-0.4, -0.2) is 28.9 Å². The van der Waals surface area contributed by atoms with E-state index in [0.29, 0.717) is 19.0 Å². The molecule has 2 rings (SSSR count). The van der Waals surface area contributed by atoms with Crippen LogP contribution in [0.1, 0.15) is 19.7 Å². The van der Waals surface area contributed by atoms with Gasteiger partial charge >= 0.3 is 0 Å². The highest BCUT2D eigenvalue weighted by molar-refractivity contribution is 5.91. The Kier molecular flexibility index (Phi) is 3.77. The van der Waals surface area contributed by atoms with Gasteiger partial charge in [-0.3, -0.25) is 4.79 Å². The first-order chi connectivity index (χ1) is 8.74. The number of likely N-dealkylation sites (N-methyl/N-ethyl adjacent to an activating group) is 1. The van der Waals surface area contributed by atoms with Crippen molar-refractivity contribution >= 4 is 23.1 Å². The van der Waals surface area contributed by atoms with Gasteiger partial charge in [0, 0.05) is 25.2 Å². The molecule has 0 atom stereocenters. The number of oxazole rings is 1. The molecule has 18 heavy (non-hydrogen) atoms. The first kappa shape index (κ1) is 12.4. The Hall–Kier alpha value is -2.10. The second-order valence-electron chi connectivity index (χ2n) is 3.86. The van der Waals surface area contributed by atoms with Gasteiger partial charge in [-0.1, -0.05) is 12.1 Å². The van der Waals surface area contributed by atoms with E-state index in [2.05, 4.69) is 4.98 Å². The normalized spacial score (nSPS) is 11.2. The van der Waals surface area contributed by atoms with Gasteiger partial charge in [-0.2, -0.15) is 0 Å². The number of nitrogens with zero attached hydrogens (tertiary/aromatic N) is 2. The van der Waals surface area contributed by atoms with Crippen LogP contribution in [0.15, 0.2) is 34.8 Å². The number of carbonyl (C=O) groups excluding carboxylic acids is 1. The smallest absolute Gasteiger partial charge is 0.246 e. The molecule has 0 saturated carbocycles. The number of benzene rings is 1. The first-order valence-electron chi connectivity index (χ1n) is 6.07. The second kappa shape index (κ2) is 5.49. The van der Waals surface area contributed by atoms with E-state index in [1.807, 2.05) is 38.1 Å². The highest BCUT2D eigenvalue weighted by Crippen LogP contribution is 2.15. The van der Waals surface area contributed by atoms with E-state index in [-0.39, 0.29) is 5.91 Å². The van der Waals surface area contributed by atoms with Crippen molar-refractivity contribution in [2.24, 2.45) is 0 Å². The third kappa shape index (κ3) is 2.59. The van der Waals surface area contributed by atoms with Crippen LogP contribution in [0, 0.1) is 0 Å². The summed E-state index contributed by atoms with van der Waals surface area (Å²) in [6.45, 7) is 5.31. The number of hydrogen-bond acceptors (Lipinski definition) is 3. The van der Waals surface area contributed by atoms with Crippen LogP contribution in [0.25, 0.3) is 17.2 Å². The summed E-state index contributed by atoms with van der Waals surface area (Å²) < 4.78 is 5.50. The number of aromatic nitrogens is 1. The highest BCUT2D eigenvalue weighted by atomic mass is 16.3. The molecule has 0 aliphatic carbocycles. The van der Waals surface area contributed by atoms with Crippen LogP contribution < -0.4 is 0 Å². The van der Waals surface area contributed by atoms with Crippen LogP contribution in [0.3, 0.4) is 0 Å². The van der Waals surface area contributed by atoms with Crippen LogP contribution >= 0.6 is 0 Å². The molecule has 0 unspecified atom stereocenters. The summed E-state index contributed by atoms with van der Waals surface area (Å²) in [7, 11) is 0. The molecule has 1 amide bonds. The van der Waals surface area contributed by atoms with Crippen molar-refractivity contribution in [2.45, 2.75) is 13.8 Å². The summed E-state index contributed by atoms with van der Waals surface area (Å²) in [5, 5.41) is 0. The van der Waals surface area contributed by atoms with E-state index in [0.717, 1.165) is 11.1 Å². The van der Waals surface area contributed by atoms with Crippen LogP contribution in [0.2, 0.25) is 0 Å². The van der Waals surface area contributed by atoms with E-state index >= 15 is 0 Å². The quantitative estimate of drug-likeness (QED) is 0.777. The van der Waals surface area contributed by atoms with E-state index in [9.17, 15) is 4.79 Å². The molecule has 0 fully saturated rings. The molecule has 0 bridgehead atoms. The number of fused-ring (bicyclic) bond motifs is 1. The molecule has 94 valence electrons. The van der Waals surface area contributed by atoms with Gasteiger partial charge in [-0.15, -0.1) is 0 Å². The number of rotatable bonds is 4. The van der Waals surface area contributed by atoms with Gasteiger partial charge < -0.3 is 9.32 Å². The van der Waals surface area contributed by atoms with Gasteiger partial charge in [0.25, 0.3) is 0 Å². The molecule has 4 heteroatoms. The first-order valence-corrected chi connectivity index (χ1v) is 6.07. The largest absolute Gasteiger partial charge is 0.437 e. The van der Waals surface area contributed by atoms with Crippen molar-refractivity contribution in [3.8, 4) is 0 Å². The third-order valence-electron chi connectivity index (χ3n) is 2.75. The molecule has 0 aliphatic heterocycles. The molecule has 0 N–H and O–H groups in total. The summed E-state index contributed by atoms with van der Waals surface area (Å²) in [6.07, 6.45) is 3.11. The Labute approximate surface area is 106 Å². The van der Waals surface area contributed by atoms with Crippen molar-refractivity contribution in [1.29, 1.82) is 0 Å². The Morgan fingerprint density at radius 2 is 2.06 bits per heavy atom. The van der Waals surface area contributed by atoms with Gasteiger partial charge in [0.2, 0.25) is 11.8 Å². The van der Waals surface area contributed by atoms with E-state index < -0.39 is 0 Å². The monoisotopic (exact) mass is 244 g/mol. The van der Waals surface area contributed by atoms with Crippen molar-refractivity contribution in [1.82, 2.24) is 9.88 Å². The Morgan fingerprint density at radius 1 is 1.33 bits per heavy atom. The average molecular weight is 244 g/mol. The van der Waals surface area contributed by atoms with Crippen molar-refractivity contribution in [2.75, 3.05) is 13.1 Å². The van der Waals surface area contributed by atoms with Gasteiger partial charge in [-0.25, -0.2) is 4.98 Å². The predicted molar refractivity (Wildman–Crippen MR) is 71.0 cm³/mol. The standard InChI is InChI=1S/C14H16N2O2/c1-3-16(4-2)14(17)10-9-13-15-11-7-5-6-8-12(11)18-13/h5-10H,3-4H2,1-2H3/b10-9+. The molecule has 1 aromatic carbocycles. The zero-order chi connectivity index (χ0) is 13.0. The molecule has 0 aliphatic rings. The van der Waals surface area contributed by atoms with E-state index in [1.165, 1.54) is 6.08 Å². The fourth-order valence-corrected chi connectivity index (χ4v) is 1.74. The van der Waals surface area contributed by atoms with Gasteiger partial charge in [0.1, 0.15) is 5.52 Å². The number of hydrogen-bond donors (Lipinski definition) is 0. The van der Waals surface area contributed by atoms with Crippen molar-refractivity contribution in [3.63, 3.8) is 0 Å². The van der Waals surface area contributed by atoms with Crippen molar-refractivity contribution < 1.29 is 9.21 Å². The van der Waals surface area contributed by atoms with Crippen LogP contribution in [0.5, 0.6) is 0 Å². The molecule has 0 radical (unpaired) electrons. The Morgan fingerprint density at radius 3 is 2.72 bits per heavy atom. The fraction of sp³-hybridized carbons (Fsp3) is 0.286. The minimum atomic E-state index is -0.0257. The van der Waals surface area contributed by atoms with Crippen LogP contribution in [0.4, 0.5) is 0 Å². The fourth-order valence-electron chi connectivity index (χ4n) is 1.74. The summed E-state index contributed by atoms with van der Waals surface area (Å²) >= 11 is 0. The summed E-state index contributed by atoms with van der Waals surface area (Å²) in [5.41, 5.74) is 1.53. The Balaban J connectivity index is 2.15. The maximum absolute atomic E-state index is 11.8. The highest BCUT2D eigenvalue weighted by Gasteiger charge is 2.06. The zero-order valence-electron chi connectivity index (χ0n) is 10.6. The molecular formula is C14H16N2O2. The third-order valence-corrected chi connectivity index (χ3v) is 2.75.